The molecule has 0 saturated heterocycles. The summed E-state index contributed by atoms with van der Waals surface area (Å²) in [5.41, 5.74) is 4.08. The molecule has 0 spiro atoms. The fourth-order valence-electron chi connectivity index (χ4n) is 1.81. The van der Waals surface area contributed by atoms with Crippen molar-refractivity contribution in [1.29, 1.82) is 0 Å². The first-order valence-electron chi connectivity index (χ1n) is 4.89. The van der Waals surface area contributed by atoms with Crippen molar-refractivity contribution in [3.8, 4) is 17.1 Å². The van der Waals surface area contributed by atoms with Gasteiger partial charge in [0.25, 0.3) is 0 Å². The minimum absolute atomic E-state index is 0.106. The molecule has 3 nitrogen and oxygen atoms in total. The molecule has 1 N–H and O–H groups in total. The minimum Gasteiger partial charge on any atom is -0.492 e. The van der Waals surface area contributed by atoms with E-state index < -0.39 is 0 Å². The highest BCUT2D eigenvalue weighted by Gasteiger charge is 2.12. The Morgan fingerprint density at radius 2 is 2.00 bits per heavy atom. The normalized spacial score (nSPS) is 10.6. The van der Waals surface area contributed by atoms with Gasteiger partial charge < -0.3 is 5.11 Å². The Bertz CT molecular complexity index is 500. The summed E-state index contributed by atoms with van der Waals surface area (Å²) in [6, 6.07) is 8.17. The summed E-state index contributed by atoms with van der Waals surface area (Å²) >= 11 is 0. The summed E-state index contributed by atoms with van der Waals surface area (Å²) in [7, 11) is 1.84. The van der Waals surface area contributed by atoms with Crippen LogP contribution in [0.3, 0.4) is 0 Å². The lowest BCUT2D eigenvalue weighted by Crippen LogP contribution is -1.94. The largest absolute Gasteiger partial charge is 0.492 e. The van der Waals surface area contributed by atoms with Crippen LogP contribution < -0.4 is 0 Å². The van der Waals surface area contributed by atoms with E-state index in [9.17, 15) is 5.11 Å². The maximum absolute atomic E-state index is 9.52. The van der Waals surface area contributed by atoms with Crippen LogP contribution in [0.25, 0.3) is 11.3 Å². The van der Waals surface area contributed by atoms with Gasteiger partial charge in [-0.2, -0.15) is 0 Å². The number of hydrogen-bond acceptors (Lipinski definition) is 2. The predicted octanol–water partition coefficient (Wildman–Crippen LogP) is 2.41. The first-order valence-corrected chi connectivity index (χ1v) is 4.89. The second kappa shape index (κ2) is 3.42. The molecule has 15 heavy (non-hydrogen) atoms. The summed E-state index contributed by atoms with van der Waals surface area (Å²) in [6.07, 6.45) is 0. The Labute approximate surface area is 89.0 Å². The van der Waals surface area contributed by atoms with Crippen LogP contribution in [0.1, 0.15) is 11.1 Å². The van der Waals surface area contributed by atoms with Crippen molar-refractivity contribution >= 4 is 0 Å². The van der Waals surface area contributed by atoms with E-state index in [0.29, 0.717) is 0 Å². The van der Waals surface area contributed by atoms with Crippen molar-refractivity contribution in [2.24, 2.45) is 7.05 Å². The van der Waals surface area contributed by atoms with Crippen molar-refractivity contribution in [1.82, 2.24) is 9.78 Å². The highest BCUT2D eigenvalue weighted by Crippen LogP contribution is 2.28. The standard InChI is InChI=1S/C12H14N2O/c1-8-5-4-6-10(7-8)11-9(2)12(15)13-14(11)3/h4-7H,1-3H3,(H,13,15). The van der Waals surface area contributed by atoms with Crippen LogP contribution in [0.5, 0.6) is 5.88 Å². The topological polar surface area (TPSA) is 38.1 Å². The van der Waals surface area contributed by atoms with Crippen LogP contribution in [0.2, 0.25) is 0 Å². The quantitative estimate of drug-likeness (QED) is 0.771. The van der Waals surface area contributed by atoms with Gasteiger partial charge in [-0.1, -0.05) is 23.8 Å². The van der Waals surface area contributed by atoms with E-state index >= 15 is 0 Å². The zero-order valence-electron chi connectivity index (χ0n) is 9.15. The van der Waals surface area contributed by atoms with E-state index in [1.807, 2.05) is 26.1 Å². The average Bonchev–Trinajstić information content (AvgIpc) is 2.41. The number of rotatable bonds is 1. The Morgan fingerprint density at radius 3 is 2.53 bits per heavy atom. The average molecular weight is 202 g/mol. The lowest BCUT2D eigenvalue weighted by molar-refractivity contribution is 0.441. The first-order chi connectivity index (χ1) is 7.09. The molecule has 0 unspecified atom stereocenters. The van der Waals surface area contributed by atoms with Crippen LogP contribution in [0, 0.1) is 13.8 Å². The van der Waals surface area contributed by atoms with Gasteiger partial charge in [-0.3, -0.25) is 4.68 Å². The number of nitrogens with zero attached hydrogens (tertiary/aromatic N) is 2. The summed E-state index contributed by atoms with van der Waals surface area (Å²) in [5, 5.41) is 13.5. The van der Waals surface area contributed by atoms with Crippen LogP contribution in [-0.2, 0) is 7.05 Å². The number of aromatic hydroxyl groups is 1. The third-order valence-corrected chi connectivity index (χ3v) is 2.55. The van der Waals surface area contributed by atoms with E-state index in [1.165, 1.54) is 5.56 Å². The van der Waals surface area contributed by atoms with Crippen molar-refractivity contribution in [2.75, 3.05) is 0 Å². The van der Waals surface area contributed by atoms with E-state index in [4.69, 9.17) is 0 Å². The number of aryl methyl sites for hydroxylation is 2. The summed E-state index contributed by atoms with van der Waals surface area (Å²) in [5.74, 6) is 0.106. The third-order valence-electron chi connectivity index (χ3n) is 2.55. The van der Waals surface area contributed by atoms with Crippen molar-refractivity contribution < 1.29 is 5.11 Å². The zero-order valence-corrected chi connectivity index (χ0v) is 9.15. The second-order valence-electron chi connectivity index (χ2n) is 3.79. The van der Waals surface area contributed by atoms with E-state index in [0.717, 1.165) is 16.8 Å². The maximum atomic E-state index is 9.52. The van der Waals surface area contributed by atoms with Crippen LogP contribution >= 0.6 is 0 Å². The van der Waals surface area contributed by atoms with Gasteiger partial charge in [0.1, 0.15) is 0 Å². The number of aromatic nitrogens is 2. The zero-order chi connectivity index (χ0) is 11.0. The Balaban J connectivity index is 2.63. The molecule has 0 amide bonds. The Hall–Kier alpha value is -1.77. The molecule has 2 rings (SSSR count). The molecule has 0 aliphatic heterocycles. The van der Waals surface area contributed by atoms with Gasteiger partial charge in [0.2, 0.25) is 5.88 Å². The van der Waals surface area contributed by atoms with Gasteiger partial charge in [-0.05, 0) is 19.9 Å². The lowest BCUT2D eigenvalue weighted by atomic mass is 10.1. The van der Waals surface area contributed by atoms with E-state index in [2.05, 4.69) is 24.2 Å². The van der Waals surface area contributed by atoms with Gasteiger partial charge in [0.05, 0.1) is 5.69 Å². The van der Waals surface area contributed by atoms with Crippen molar-refractivity contribution in [3.05, 3.63) is 35.4 Å². The highest BCUT2D eigenvalue weighted by atomic mass is 16.3. The van der Waals surface area contributed by atoms with Crippen LogP contribution in [0.15, 0.2) is 24.3 Å². The molecule has 0 aliphatic carbocycles. The fraction of sp³-hybridized carbons (Fsp3) is 0.250. The Kier molecular flexibility index (Phi) is 2.23. The van der Waals surface area contributed by atoms with E-state index in [1.54, 1.807) is 4.68 Å². The van der Waals surface area contributed by atoms with E-state index in [-0.39, 0.29) is 5.88 Å². The lowest BCUT2D eigenvalue weighted by Gasteiger charge is -2.04. The molecule has 2 aromatic rings. The van der Waals surface area contributed by atoms with Gasteiger partial charge in [-0.15, -0.1) is 5.10 Å². The monoisotopic (exact) mass is 202 g/mol. The number of benzene rings is 1. The smallest absolute Gasteiger partial charge is 0.233 e. The molecular formula is C12H14N2O. The van der Waals surface area contributed by atoms with Gasteiger partial charge in [0.15, 0.2) is 0 Å². The summed E-state index contributed by atoms with van der Waals surface area (Å²) in [6.45, 7) is 3.93. The molecule has 0 saturated carbocycles. The SMILES string of the molecule is Cc1cccc(-c2c(C)c(O)nn2C)c1. The molecular weight excluding hydrogens is 188 g/mol. The predicted molar refractivity (Wildman–Crippen MR) is 59.8 cm³/mol. The molecule has 0 fully saturated rings. The molecule has 0 aliphatic rings. The molecule has 0 bridgehead atoms. The maximum Gasteiger partial charge on any atom is 0.233 e. The molecule has 1 aromatic carbocycles. The van der Waals surface area contributed by atoms with Crippen LogP contribution in [-0.4, -0.2) is 14.9 Å². The summed E-state index contributed by atoms with van der Waals surface area (Å²) in [4.78, 5) is 0. The molecule has 78 valence electrons. The Morgan fingerprint density at radius 1 is 1.27 bits per heavy atom. The molecule has 1 aromatic heterocycles. The molecule has 1 heterocycles. The first kappa shape index (κ1) is 9.77. The highest BCUT2D eigenvalue weighted by molar-refractivity contribution is 5.65. The van der Waals surface area contributed by atoms with Gasteiger partial charge in [-0.25, -0.2) is 0 Å². The van der Waals surface area contributed by atoms with Crippen molar-refractivity contribution in [3.63, 3.8) is 0 Å². The minimum atomic E-state index is 0.106. The van der Waals surface area contributed by atoms with Gasteiger partial charge in [0, 0.05) is 18.2 Å². The van der Waals surface area contributed by atoms with Crippen LogP contribution in [0.4, 0.5) is 0 Å². The third kappa shape index (κ3) is 1.61. The number of hydrogen-bond donors (Lipinski definition) is 1. The summed E-state index contributed by atoms with van der Waals surface area (Å²) < 4.78 is 1.71. The fourth-order valence-corrected chi connectivity index (χ4v) is 1.81. The molecule has 3 heteroatoms. The van der Waals surface area contributed by atoms with Crippen molar-refractivity contribution in [2.45, 2.75) is 13.8 Å². The molecule has 0 radical (unpaired) electrons. The molecule has 0 atom stereocenters. The second-order valence-corrected chi connectivity index (χ2v) is 3.79. The van der Waals surface area contributed by atoms with Gasteiger partial charge >= 0.3 is 0 Å².